The van der Waals surface area contributed by atoms with Crippen molar-refractivity contribution in [3.8, 4) is 0 Å². The highest BCUT2D eigenvalue weighted by atomic mass is 16.1. The van der Waals surface area contributed by atoms with Crippen molar-refractivity contribution < 1.29 is 4.79 Å². The average Bonchev–Trinajstić information content (AvgIpc) is 1.89. The Hall–Kier alpha value is -1.05. The largest absolute Gasteiger partial charge is 0.353 e. The maximum absolute atomic E-state index is 10.7. The third-order valence-electron chi connectivity index (χ3n) is 0.902. The maximum atomic E-state index is 10.7. The van der Waals surface area contributed by atoms with E-state index < -0.39 is 0 Å². The summed E-state index contributed by atoms with van der Waals surface area (Å²) in [5.41, 5.74) is 0. The quantitative estimate of drug-likeness (QED) is 0.463. The number of allylic oxidation sites excluding steroid dienone is 3. The van der Waals surface area contributed by atoms with Crippen LogP contribution in [-0.4, -0.2) is 12.5 Å². The standard InChI is InChI=1S/C8H13NO/c1-3-5-6-7-8(10)9-4-2/h3,5-7H,4H2,1-2H3,(H,9,10)/b5-3+,7-6+. The summed E-state index contributed by atoms with van der Waals surface area (Å²) in [6.07, 6.45) is 6.90. The molecule has 2 heteroatoms. The highest BCUT2D eigenvalue weighted by molar-refractivity contribution is 5.87. The molecule has 0 aliphatic carbocycles. The predicted molar refractivity (Wildman–Crippen MR) is 42.6 cm³/mol. The summed E-state index contributed by atoms with van der Waals surface area (Å²) in [6, 6.07) is 0. The smallest absolute Gasteiger partial charge is 0.243 e. The van der Waals surface area contributed by atoms with Gasteiger partial charge in [0.05, 0.1) is 0 Å². The van der Waals surface area contributed by atoms with Crippen molar-refractivity contribution in [2.45, 2.75) is 13.8 Å². The summed E-state index contributed by atoms with van der Waals surface area (Å²) in [7, 11) is 0. The molecule has 0 saturated carbocycles. The lowest BCUT2D eigenvalue weighted by molar-refractivity contribution is -0.116. The van der Waals surface area contributed by atoms with Gasteiger partial charge in [-0.25, -0.2) is 0 Å². The van der Waals surface area contributed by atoms with E-state index in [4.69, 9.17) is 0 Å². The van der Waals surface area contributed by atoms with E-state index in [1.165, 1.54) is 6.08 Å². The Morgan fingerprint density at radius 1 is 1.50 bits per heavy atom. The van der Waals surface area contributed by atoms with Crippen LogP contribution in [-0.2, 0) is 4.79 Å². The van der Waals surface area contributed by atoms with Crippen molar-refractivity contribution in [1.29, 1.82) is 0 Å². The summed E-state index contributed by atoms with van der Waals surface area (Å²) in [5.74, 6) is -0.0411. The second-order valence-electron chi connectivity index (χ2n) is 1.78. The SMILES string of the molecule is C/C=C/C=C/C(=O)NCC. The molecule has 1 amide bonds. The van der Waals surface area contributed by atoms with Gasteiger partial charge in [0.15, 0.2) is 0 Å². The lowest BCUT2D eigenvalue weighted by Gasteiger charge is -1.91. The Kier molecular flexibility index (Phi) is 5.44. The van der Waals surface area contributed by atoms with Crippen LogP contribution in [0.4, 0.5) is 0 Å². The molecule has 1 N–H and O–H groups in total. The van der Waals surface area contributed by atoms with E-state index in [1.54, 1.807) is 6.08 Å². The van der Waals surface area contributed by atoms with Crippen molar-refractivity contribution in [2.24, 2.45) is 0 Å². The van der Waals surface area contributed by atoms with Crippen LogP contribution in [0.3, 0.4) is 0 Å². The first-order chi connectivity index (χ1) is 4.81. The molecule has 0 radical (unpaired) electrons. The van der Waals surface area contributed by atoms with E-state index in [-0.39, 0.29) is 5.91 Å². The minimum absolute atomic E-state index is 0.0411. The third-order valence-corrected chi connectivity index (χ3v) is 0.902. The van der Waals surface area contributed by atoms with Crippen molar-refractivity contribution in [1.82, 2.24) is 5.32 Å². The van der Waals surface area contributed by atoms with Gasteiger partial charge in [-0.15, -0.1) is 0 Å². The second-order valence-corrected chi connectivity index (χ2v) is 1.78. The molecule has 0 aromatic rings. The fourth-order valence-corrected chi connectivity index (χ4v) is 0.487. The van der Waals surface area contributed by atoms with Crippen LogP contribution in [0.15, 0.2) is 24.3 Å². The number of carbonyl (C=O) groups is 1. The topological polar surface area (TPSA) is 29.1 Å². The van der Waals surface area contributed by atoms with Crippen LogP contribution in [0, 0.1) is 0 Å². The van der Waals surface area contributed by atoms with Gasteiger partial charge in [0.25, 0.3) is 0 Å². The van der Waals surface area contributed by atoms with Crippen molar-refractivity contribution >= 4 is 5.91 Å². The Morgan fingerprint density at radius 3 is 2.70 bits per heavy atom. The minimum atomic E-state index is -0.0411. The van der Waals surface area contributed by atoms with E-state index in [1.807, 2.05) is 26.0 Å². The van der Waals surface area contributed by atoms with Crippen LogP contribution in [0.2, 0.25) is 0 Å². The van der Waals surface area contributed by atoms with Gasteiger partial charge in [0, 0.05) is 12.6 Å². The van der Waals surface area contributed by atoms with Gasteiger partial charge in [0.2, 0.25) is 5.91 Å². The summed E-state index contributed by atoms with van der Waals surface area (Å²) in [6.45, 7) is 4.47. The molecule has 2 nitrogen and oxygen atoms in total. The lowest BCUT2D eigenvalue weighted by atomic mass is 10.4. The average molecular weight is 139 g/mol. The minimum Gasteiger partial charge on any atom is -0.353 e. The molecule has 0 aliphatic rings. The molecule has 0 bridgehead atoms. The van der Waals surface area contributed by atoms with Crippen LogP contribution >= 0.6 is 0 Å². The first-order valence-electron chi connectivity index (χ1n) is 3.38. The summed E-state index contributed by atoms with van der Waals surface area (Å²) >= 11 is 0. The van der Waals surface area contributed by atoms with Crippen molar-refractivity contribution in [3.05, 3.63) is 24.3 Å². The molecule has 0 aromatic carbocycles. The van der Waals surface area contributed by atoms with E-state index >= 15 is 0 Å². The zero-order valence-electron chi connectivity index (χ0n) is 6.42. The first-order valence-corrected chi connectivity index (χ1v) is 3.38. The molecule has 0 fully saturated rings. The van der Waals surface area contributed by atoms with Gasteiger partial charge in [-0.2, -0.15) is 0 Å². The molecular weight excluding hydrogens is 126 g/mol. The highest BCUT2D eigenvalue weighted by Crippen LogP contribution is 1.76. The molecular formula is C8H13NO. The summed E-state index contributed by atoms with van der Waals surface area (Å²) in [4.78, 5) is 10.7. The second kappa shape index (κ2) is 6.08. The van der Waals surface area contributed by atoms with Gasteiger partial charge in [0.1, 0.15) is 0 Å². The molecule has 0 aromatic heterocycles. The normalized spacial score (nSPS) is 11.0. The predicted octanol–water partition coefficient (Wildman–Crippen LogP) is 1.25. The Bertz CT molecular complexity index is 147. The fourth-order valence-electron chi connectivity index (χ4n) is 0.487. The van der Waals surface area contributed by atoms with Crippen molar-refractivity contribution in [2.75, 3.05) is 6.54 Å². The maximum Gasteiger partial charge on any atom is 0.243 e. The van der Waals surface area contributed by atoms with Crippen LogP contribution in [0.5, 0.6) is 0 Å². The van der Waals surface area contributed by atoms with Crippen LogP contribution in [0.25, 0.3) is 0 Å². The number of rotatable bonds is 3. The van der Waals surface area contributed by atoms with Gasteiger partial charge in [-0.1, -0.05) is 18.2 Å². The molecule has 0 heterocycles. The van der Waals surface area contributed by atoms with Gasteiger partial charge >= 0.3 is 0 Å². The number of likely N-dealkylation sites (N-methyl/N-ethyl adjacent to an activating group) is 1. The monoisotopic (exact) mass is 139 g/mol. The van der Waals surface area contributed by atoms with Crippen LogP contribution in [0.1, 0.15) is 13.8 Å². The molecule has 0 saturated heterocycles. The zero-order valence-corrected chi connectivity index (χ0v) is 6.42. The van der Waals surface area contributed by atoms with E-state index in [2.05, 4.69) is 5.32 Å². The number of nitrogens with one attached hydrogen (secondary N) is 1. The Labute approximate surface area is 61.6 Å². The lowest BCUT2D eigenvalue weighted by Crippen LogP contribution is -2.19. The van der Waals surface area contributed by atoms with E-state index in [9.17, 15) is 4.79 Å². The molecule has 0 rings (SSSR count). The molecule has 0 unspecified atom stereocenters. The first kappa shape index (κ1) is 8.95. The number of hydrogen-bond acceptors (Lipinski definition) is 1. The van der Waals surface area contributed by atoms with Gasteiger partial charge in [-0.3, -0.25) is 4.79 Å². The van der Waals surface area contributed by atoms with E-state index in [0.717, 1.165) is 0 Å². The summed E-state index contributed by atoms with van der Waals surface area (Å²) in [5, 5.41) is 2.64. The number of hydrogen-bond donors (Lipinski definition) is 1. The highest BCUT2D eigenvalue weighted by Gasteiger charge is 1.86. The van der Waals surface area contributed by atoms with Crippen LogP contribution < -0.4 is 5.32 Å². The Balaban J connectivity index is 3.56. The number of carbonyl (C=O) groups excluding carboxylic acids is 1. The third kappa shape index (κ3) is 5.09. The molecule has 0 atom stereocenters. The molecule has 0 aliphatic heterocycles. The van der Waals surface area contributed by atoms with Gasteiger partial charge < -0.3 is 5.32 Å². The molecule has 56 valence electrons. The van der Waals surface area contributed by atoms with Gasteiger partial charge in [-0.05, 0) is 13.8 Å². The van der Waals surface area contributed by atoms with E-state index in [0.29, 0.717) is 6.54 Å². The zero-order chi connectivity index (χ0) is 7.82. The van der Waals surface area contributed by atoms with Crippen molar-refractivity contribution in [3.63, 3.8) is 0 Å². The fraction of sp³-hybridized carbons (Fsp3) is 0.375. The molecule has 10 heavy (non-hydrogen) atoms. The molecule has 0 spiro atoms. The summed E-state index contributed by atoms with van der Waals surface area (Å²) < 4.78 is 0. The number of amides is 1. The Morgan fingerprint density at radius 2 is 2.20 bits per heavy atom.